The molecule has 0 bridgehead atoms. The molecular weight excluding hydrogens is 512 g/mol. The number of nitrogens with zero attached hydrogens (tertiary/aromatic N) is 5. The van der Waals surface area contributed by atoms with Gasteiger partial charge in [-0.25, -0.2) is 15.4 Å². The fraction of sp³-hybridized carbons (Fsp3) is 0.714. The van der Waals surface area contributed by atoms with E-state index < -0.39 is 48.4 Å². The number of rotatable bonds is 5. The SMILES string of the molecule is O=C1NNC(N2C[C@H](O)C[C@H]2CCC(=O)N2CCN(c3ncc(C(F)(F)F)cn3)CC2)CC1C(F)(F)F. The van der Waals surface area contributed by atoms with Gasteiger partial charge in [0, 0.05) is 57.6 Å². The number of piperazine rings is 1. The topological polar surface area (TPSA) is 114 Å². The molecule has 3 aliphatic rings. The molecule has 1 aromatic rings. The lowest BCUT2D eigenvalue weighted by Crippen LogP contribution is -2.63. The lowest BCUT2D eigenvalue weighted by molar-refractivity contribution is -0.193. The Balaban J connectivity index is 1.28. The van der Waals surface area contributed by atoms with Crippen molar-refractivity contribution in [1.82, 2.24) is 30.6 Å². The predicted molar refractivity (Wildman–Crippen MR) is 115 cm³/mol. The summed E-state index contributed by atoms with van der Waals surface area (Å²) in [5.74, 6) is -3.35. The zero-order chi connectivity index (χ0) is 27.0. The number of alkyl halides is 6. The van der Waals surface area contributed by atoms with Gasteiger partial charge in [-0.15, -0.1) is 0 Å². The Kier molecular flexibility index (Phi) is 7.80. The number of aromatic nitrogens is 2. The Labute approximate surface area is 208 Å². The molecule has 0 aromatic carbocycles. The van der Waals surface area contributed by atoms with E-state index >= 15 is 0 Å². The summed E-state index contributed by atoms with van der Waals surface area (Å²) < 4.78 is 77.8. The number of hydrogen-bond acceptors (Lipinski definition) is 8. The van der Waals surface area contributed by atoms with Gasteiger partial charge in [-0.3, -0.25) is 19.9 Å². The summed E-state index contributed by atoms with van der Waals surface area (Å²) in [7, 11) is 0. The van der Waals surface area contributed by atoms with Crippen LogP contribution >= 0.6 is 0 Å². The number of carbonyl (C=O) groups is 2. The minimum atomic E-state index is -4.69. The molecule has 4 atom stereocenters. The highest BCUT2D eigenvalue weighted by molar-refractivity contribution is 5.79. The summed E-state index contributed by atoms with van der Waals surface area (Å²) >= 11 is 0. The molecule has 0 aliphatic carbocycles. The van der Waals surface area contributed by atoms with E-state index in [-0.39, 0.29) is 37.3 Å². The van der Waals surface area contributed by atoms with Crippen LogP contribution in [0.4, 0.5) is 32.3 Å². The number of hydrogen-bond donors (Lipinski definition) is 3. The van der Waals surface area contributed by atoms with E-state index in [9.17, 15) is 41.0 Å². The highest BCUT2D eigenvalue weighted by Gasteiger charge is 2.50. The molecule has 2 amide bonds. The van der Waals surface area contributed by atoms with E-state index in [0.717, 1.165) is 0 Å². The summed E-state index contributed by atoms with van der Waals surface area (Å²) in [5, 5.41) is 10.1. The molecule has 3 fully saturated rings. The van der Waals surface area contributed by atoms with Crippen molar-refractivity contribution in [2.75, 3.05) is 37.6 Å². The summed E-state index contributed by atoms with van der Waals surface area (Å²) in [6.45, 7) is 1.39. The molecular formula is C21H27F6N7O3. The molecule has 0 spiro atoms. The molecule has 3 saturated heterocycles. The monoisotopic (exact) mass is 539 g/mol. The van der Waals surface area contributed by atoms with E-state index in [2.05, 4.69) is 20.8 Å². The van der Waals surface area contributed by atoms with Crippen molar-refractivity contribution in [2.24, 2.45) is 5.92 Å². The molecule has 206 valence electrons. The van der Waals surface area contributed by atoms with Gasteiger partial charge in [0.2, 0.25) is 17.8 Å². The van der Waals surface area contributed by atoms with Crippen LogP contribution in [-0.2, 0) is 15.8 Å². The van der Waals surface area contributed by atoms with E-state index in [4.69, 9.17) is 0 Å². The second kappa shape index (κ2) is 10.6. The fourth-order valence-corrected chi connectivity index (χ4v) is 4.95. The summed E-state index contributed by atoms with van der Waals surface area (Å²) in [6, 6.07) is -0.359. The predicted octanol–water partition coefficient (Wildman–Crippen LogP) is 0.888. The van der Waals surface area contributed by atoms with Gasteiger partial charge in [-0.1, -0.05) is 0 Å². The molecule has 2 unspecified atom stereocenters. The van der Waals surface area contributed by atoms with Crippen molar-refractivity contribution in [3.8, 4) is 0 Å². The number of anilines is 1. The second-order valence-corrected chi connectivity index (χ2v) is 9.40. The number of carbonyl (C=O) groups excluding carboxylic acids is 2. The van der Waals surface area contributed by atoms with E-state index in [1.807, 2.05) is 0 Å². The van der Waals surface area contributed by atoms with Crippen LogP contribution in [0.5, 0.6) is 0 Å². The summed E-state index contributed by atoms with van der Waals surface area (Å²) in [4.78, 5) is 36.9. The molecule has 10 nitrogen and oxygen atoms in total. The molecule has 0 radical (unpaired) electrons. The molecule has 4 rings (SSSR count). The number of amides is 2. The van der Waals surface area contributed by atoms with Crippen LogP contribution < -0.4 is 15.8 Å². The highest BCUT2D eigenvalue weighted by atomic mass is 19.4. The number of aliphatic hydroxyl groups is 1. The van der Waals surface area contributed by atoms with Crippen LogP contribution in [0.25, 0.3) is 0 Å². The summed E-state index contributed by atoms with van der Waals surface area (Å²) in [6.07, 6.45) is -9.21. The van der Waals surface area contributed by atoms with Crippen molar-refractivity contribution >= 4 is 17.8 Å². The maximum absolute atomic E-state index is 13.2. The molecule has 1 aromatic heterocycles. The normalized spacial score (nSPS) is 27.9. The van der Waals surface area contributed by atoms with Gasteiger partial charge in [0.05, 0.1) is 17.8 Å². The van der Waals surface area contributed by atoms with Crippen molar-refractivity contribution in [2.45, 2.75) is 56.3 Å². The second-order valence-electron chi connectivity index (χ2n) is 9.40. The first-order valence-electron chi connectivity index (χ1n) is 11.8. The largest absolute Gasteiger partial charge is 0.419 e. The number of nitrogens with one attached hydrogen (secondary N) is 2. The molecule has 3 N–H and O–H groups in total. The average Bonchev–Trinajstić information content (AvgIpc) is 3.22. The first-order chi connectivity index (χ1) is 17.3. The van der Waals surface area contributed by atoms with Gasteiger partial charge in [-0.2, -0.15) is 26.3 Å². The minimum Gasteiger partial charge on any atom is -0.392 e. The Morgan fingerprint density at radius 3 is 2.30 bits per heavy atom. The van der Waals surface area contributed by atoms with Gasteiger partial charge < -0.3 is 14.9 Å². The maximum Gasteiger partial charge on any atom is 0.419 e. The number of likely N-dealkylation sites (tertiary alicyclic amines) is 1. The Hall–Kier alpha value is -2.72. The highest BCUT2D eigenvalue weighted by Crippen LogP contribution is 2.34. The van der Waals surface area contributed by atoms with E-state index in [0.29, 0.717) is 45.0 Å². The molecule has 0 saturated carbocycles. The van der Waals surface area contributed by atoms with Crippen LogP contribution in [0.1, 0.15) is 31.2 Å². The van der Waals surface area contributed by atoms with Crippen molar-refractivity contribution in [1.29, 1.82) is 0 Å². The van der Waals surface area contributed by atoms with Gasteiger partial charge in [0.1, 0.15) is 5.92 Å². The van der Waals surface area contributed by atoms with Crippen molar-refractivity contribution in [3.05, 3.63) is 18.0 Å². The number of hydrazine groups is 1. The Morgan fingerprint density at radius 1 is 1.05 bits per heavy atom. The van der Waals surface area contributed by atoms with Crippen LogP contribution in [0.3, 0.4) is 0 Å². The third-order valence-electron chi connectivity index (χ3n) is 6.94. The van der Waals surface area contributed by atoms with Gasteiger partial charge in [0.15, 0.2) is 0 Å². The quantitative estimate of drug-likeness (QED) is 0.473. The third kappa shape index (κ3) is 6.41. The first-order valence-corrected chi connectivity index (χ1v) is 11.8. The minimum absolute atomic E-state index is 0.104. The summed E-state index contributed by atoms with van der Waals surface area (Å²) in [5.41, 5.74) is 3.71. The Morgan fingerprint density at radius 2 is 1.70 bits per heavy atom. The number of β-amino-alcohol motifs (C(OH)–C–C–N with tert-alkyl or cyclic N) is 1. The standard InChI is InChI=1S/C21H27F6N7O3/c22-20(23,24)12-9-28-19(29-10-12)33-5-3-32(4-6-33)17(36)2-1-13-7-14(35)11-34(13)16-8-15(21(25,26)27)18(37)31-30-16/h9-10,13-16,30,35H,1-8,11H2,(H,31,37)/t13-,14-,15?,16?/m1/s1. The lowest BCUT2D eigenvalue weighted by Gasteiger charge is -2.39. The van der Waals surface area contributed by atoms with Crippen molar-refractivity contribution < 1.29 is 41.0 Å². The smallest absolute Gasteiger partial charge is 0.392 e. The molecule has 4 heterocycles. The van der Waals surface area contributed by atoms with Crippen LogP contribution in [-0.4, -0.2) is 93.9 Å². The number of halogens is 6. The molecule has 37 heavy (non-hydrogen) atoms. The Bertz CT molecular complexity index is 969. The van der Waals surface area contributed by atoms with Gasteiger partial charge in [-0.05, 0) is 19.3 Å². The zero-order valence-electron chi connectivity index (χ0n) is 19.6. The third-order valence-corrected chi connectivity index (χ3v) is 6.94. The van der Waals surface area contributed by atoms with Crippen LogP contribution in [0, 0.1) is 5.92 Å². The van der Waals surface area contributed by atoms with E-state index in [1.54, 1.807) is 14.7 Å². The van der Waals surface area contributed by atoms with Crippen LogP contribution in [0.15, 0.2) is 12.4 Å². The van der Waals surface area contributed by atoms with Gasteiger partial charge in [0.25, 0.3) is 0 Å². The average molecular weight is 539 g/mol. The zero-order valence-corrected chi connectivity index (χ0v) is 19.6. The number of aliphatic hydroxyl groups excluding tert-OH is 1. The molecule has 3 aliphatic heterocycles. The first kappa shape index (κ1) is 27.3. The van der Waals surface area contributed by atoms with Crippen molar-refractivity contribution in [3.63, 3.8) is 0 Å². The lowest BCUT2D eigenvalue weighted by atomic mass is 9.98. The van der Waals surface area contributed by atoms with Crippen LogP contribution in [0.2, 0.25) is 0 Å². The maximum atomic E-state index is 13.2. The molecule has 16 heteroatoms. The van der Waals surface area contributed by atoms with E-state index in [1.165, 1.54) is 0 Å². The van der Waals surface area contributed by atoms with Gasteiger partial charge >= 0.3 is 12.4 Å². The fourth-order valence-electron chi connectivity index (χ4n) is 4.95.